The minimum atomic E-state index is -1.04. The Labute approximate surface area is 188 Å². The minimum Gasteiger partial charge on any atom is -0.872 e. The van der Waals surface area contributed by atoms with Gasteiger partial charge in [-0.05, 0) is 23.8 Å². The van der Waals surface area contributed by atoms with Gasteiger partial charge in [-0.15, -0.1) is 0 Å². The summed E-state index contributed by atoms with van der Waals surface area (Å²) in [5.74, 6) is -2.74. The van der Waals surface area contributed by atoms with E-state index in [1.165, 1.54) is 28.0 Å². The highest BCUT2D eigenvalue weighted by Crippen LogP contribution is 2.39. The van der Waals surface area contributed by atoms with Crippen molar-refractivity contribution in [2.24, 2.45) is 0 Å². The average molecular weight is 489 g/mol. The predicted molar refractivity (Wildman–Crippen MR) is 113 cm³/mol. The lowest BCUT2D eigenvalue weighted by Crippen LogP contribution is -3.14. The Morgan fingerprint density at radius 3 is 2.48 bits per heavy atom. The third-order valence-electron chi connectivity index (χ3n) is 5.74. The molecular formula is C23H22BrFN2O4. The zero-order valence-corrected chi connectivity index (χ0v) is 18.4. The van der Waals surface area contributed by atoms with Gasteiger partial charge >= 0.3 is 0 Å². The normalized spacial score (nSPS) is 21.6. The molecule has 0 aliphatic carbocycles. The van der Waals surface area contributed by atoms with Gasteiger partial charge in [0.25, 0.3) is 5.91 Å². The summed E-state index contributed by atoms with van der Waals surface area (Å²) in [5.41, 5.74) is 0.231. The molecule has 8 heteroatoms. The van der Waals surface area contributed by atoms with Crippen molar-refractivity contribution < 1.29 is 28.7 Å². The number of hydrogen-bond donors (Lipinski definition) is 1. The quantitative estimate of drug-likeness (QED) is 0.382. The van der Waals surface area contributed by atoms with Crippen LogP contribution in [-0.4, -0.2) is 56.0 Å². The van der Waals surface area contributed by atoms with E-state index >= 15 is 0 Å². The Morgan fingerprint density at radius 2 is 1.81 bits per heavy atom. The Balaban J connectivity index is 1.75. The second-order valence-corrected chi connectivity index (χ2v) is 8.53. The number of nitrogens with one attached hydrogen (secondary N) is 1. The zero-order chi connectivity index (χ0) is 22.0. The first kappa shape index (κ1) is 21.7. The fourth-order valence-corrected chi connectivity index (χ4v) is 4.33. The fourth-order valence-electron chi connectivity index (χ4n) is 4.07. The van der Waals surface area contributed by atoms with Gasteiger partial charge in [-0.25, -0.2) is 4.39 Å². The van der Waals surface area contributed by atoms with E-state index in [0.717, 1.165) is 17.6 Å². The number of rotatable bonds is 5. The van der Waals surface area contributed by atoms with Crippen LogP contribution in [0.5, 0.6) is 0 Å². The largest absolute Gasteiger partial charge is 0.872 e. The number of morpholine rings is 1. The van der Waals surface area contributed by atoms with Crippen LogP contribution in [0.1, 0.15) is 17.2 Å². The molecule has 6 nitrogen and oxygen atoms in total. The highest BCUT2D eigenvalue weighted by molar-refractivity contribution is 9.10. The van der Waals surface area contributed by atoms with Gasteiger partial charge in [0.2, 0.25) is 5.78 Å². The second kappa shape index (κ2) is 9.30. The molecule has 1 amide bonds. The second-order valence-electron chi connectivity index (χ2n) is 7.61. The van der Waals surface area contributed by atoms with E-state index in [0.29, 0.717) is 19.8 Å². The first-order valence-electron chi connectivity index (χ1n) is 10.2. The third-order valence-corrected chi connectivity index (χ3v) is 6.27. The van der Waals surface area contributed by atoms with Crippen LogP contribution in [0, 0.1) is 5.82 Å². The summed E-state index contributed by atoms with van der Waals surface area (Å²) in [6.07, 6.45) is 0. The van der Waals surface area contributed by atoms with E-state index in [-0.39, 0.29) is 23.2 Å². The van der Waals surface area contributed by atoms with Crippen LogP contribution in [0.3, 0.4) is 0 Å². The Bertz CT molecular complexity index is 1020. The van der Waals surface area contributed by atoms with E-state index in [4.69, 9.17) is 4.74 Å². The number of likely N-dealkylation sites (tertiary alicyclic amines) is 1. The molecule has 31 heavy (non-hydrogen) atoms. The number of benzene rings is 2. The maximum absolute atomic E-state index is 14.8. The number of Topliss-reactive ketones (excluding diaryl/α,β-unsaturated/α-hetero) is 1. The molecule has 2 saturated heterocycles. The molecule has 2 aromatic rings. The number of amides is 1. The van der Waals surface area contributed by atoms with E-state index in [1.54, 1.807) is 30.3 Å². The van der Waals surface area contributed by atoms with Crippen LogP contribution in [0.4, 0.5) is 4.39 Å². The zero-order valence-electron chi connectivity index (χ0n) is 16.8. The van der Waals surface area contributed by atoms with E-state index in [9.17, 15) is 19.1 Å². The molecule has 2 aromatic carbocycles. The van der Waals surface area contributed by atoms with E-state index in [2.05, 4.69) is 15.9 Å². The molecule has 0 radical (unpaired) electrons. The van der Waals surface area contributed by atoms with Crippen molar-refractivity contribution >= 4 is 33.4 Å². The molecule has 2 fully saturated rings. The molecule has 0 aromatic heterocycles. The molecule has 162 valence electrons. The first-order valence-corrected chi connectivity index (χ1v) is 10.9. The van der Waals surface area contributed by atoms with Crippen molar-refractivity contribution in [1.82, 2.24) is 4.90 Å². The molecule has 4 rings (SSSR count). The third kappa shape index (κ3) is 4.42. The molecule has 1 N–H and O–H groups in total. The molecule has 2 heterocycles. The summed E-state index contributed by atoms with van der Waals surface area (Å²) in [6.45, 7) is 3.71. The molecule has 1 atom stereocenters. The van der Waals surface area contributed by atoms with Crippen molar-refractivity contribution in [2.45, 2.75) is 6.04 Å². The van der Waals surface area contributed by atoms with Gasteiger partial charge in [-0.3, -0.25) is 9.59 Å². The number of ether oxygens (including phenoxy) is 1. The number of quaternary nitrogens is 1. The highest BCUT2D eigenvalue weighted by Gasteiger charge is 2.45. The van der Waals surface area contributed by atoms with Gasteiger partial charge in [0.15, 0.2) is 0 Å². The van der Waals surface area contributed by atoms with Crippen LogP contribution in [0.2, 0.25) is 0 Å². The summed E-state index contributed by atoms with van der Waals surface area (Å²) in [7, 11) is 0. The van der Waals surface area contributed by atoms with Gasteiger partial charge in [0.05, 0.1) is 32.3 Å². The molecule has 2 aliphatic rings. The fraction of sp³-hybridized carbons (Fsp3) is 0.304. The lowest BCUT2D eigenvalue weighted by molar-refractivity contribution is -0.907. The smallest absolute Gasteiger partial charge is 0.295 e. The summed E-state index contributed by atoms with van der Waals surface area (Å²) in [6, 6.07) is 11.5. The lowest BCUT2D eigenvalue weighted by Gasteiger charge is -2.30. The number of nitrogens with zero attached hydrogens (tertiary/aromatic N) is 1. The summed E-state index contributed by atoms with van der Waals surface area (Å²) in [4.78, 5) is 28.4. The van der Waals surface area contributed by atoms with Crippen LogP contribution >= 0.6 is 15.9 Å². The minimum absolute atomic E-state index is 0.152. The summed E-state index contributed by atoms with van der Waals surface area (Å²) >= 11 is 3.32. The van der Waals surface area contributed by atoms with Crippen molar-refractivity contribution in [2.75, 3.05) is 39.4 Å². The Hall–Kier alpha value is -2.55. The van der Waals surface area contributed by atoms with Gasteiger partial charge in [0.1, 0.15) is 18.9 Å². The van der Waals surface area contributed by atoms with E-state index in [1.807, 2.05) is 0 Å². The van der Waals surface area contributed by atoms with Gasteiger partial charge in [-0.2, -0.15) is 0 Å². The highest BCUT2D eigenvalue weighted by atomic mass is 79.9. The van der Waals surface area contributed by atoms with Crippen molar-refractivity contribution in [3.8, 4) is 0 Å². The topological polar surface area (TPSA) is 74.1 Å². The number of ketones is 1. The number of halogens is 2. The molecule has 0 saturated carbocycles. The van der Waals surface area contributed by atoms with Crippen molar-refractivity contribution in [3.05, 3.63) is 75.5 Å². The van der Waals surface area contributed by atoms with E-state index < -0.39 is 29.3 Å². The predicted octanol–water partition coefficient (Wildman–Crippen LogP) is 0.727. The molecule has 2 aliphatic heterocycles. The molecule has 1 unspecified atom stereocenters. The number of carbonyl (C=O) groups is 2. The van der Waals surface area contributed by atoms with Crippen LogP contribution < -0.4 is 10.0 Å². The maximum Gasteiger partial charge on any atom is 0.295 e. The Morgan fingerprint density at radius 1 is 1.13 bits per heavy atom. The monoisotopic (exact) mass is 488 g/mol. The SMILES string of the molecule is O=C1C(=O)N(CC[NH+]2CCOCC2)C(c2ccccc2F)/C1=C(\[O-])c1ccc(Br)cc1. The number of carbonyl (C=O) groups excluding carboxylic acids is 2. The standard InChI is InChI=1S/C23H22BrFN2O4/c24-16-7-5-15(6-8-16)21(28)19-20(17-3-1-2-4-18(17)25)27(23(30)22(19)29)10-9-26-11-13-31-14-12-26/h1-8,20,28H,9-14H2/b21-19+. The molecule has 0 bridgehead atoms. The van der Waals surface area contributed by atoms with Crippen LogP contribution in [-0.2, 0) is 14.3 Å². The van der Waals surface area contributed by atoms with Crippen LogP contribution in [0.25, 0.3) is 5.76 Å². The average Bonchev–Trinajstić information content (AvgIpc) is 3.03. The summed E-state index contributed by atoms with van der Waals surface area (Å²) in [5, 5.41) is 13.3. The lowest BCUT2D eigenvalue weighted by atomic mass is 9.95. The van der Waals surface area contributed by atoms with Crippen LogP contribution in [0.15, 0.2) is 58.6 Å². The van der Waals surface area contributed by atoms with Gasteiger partial charge < -0.3 is 19.6 Å². The van der Waals surface area contributed by atoms with Crippen molar-refractivity contribution in [3.63, 3.8) is 0 Å². The van der Waals surface area contributed by atoms with Gasteiger partial charge in [0, 0.05) is 15.6 Å². The molecular weight excluding hydrogens is 467 g/mol. The van der Waals surface area contributed by atoms with Gasteiger partial charge in [-0.1, -0.05) is 52.0 Å². The molecule has 0 spiro atoms. The maximum atomic E-state index is 14.8. The van der Waals surface area contributed by atoms with Crippen molar-refractivity contribution in [1.29, 1.82) is 0 Å². The Kier molecular flexibility index (Phi) is 6.50. The number of hydrogen-bond acceptors (Lipinski definition) is 4. The first-order chi connectivity index (χ1) is 15.0. The summed E-state index contributed by atoms with van der Waals surface area (Å²) < 4.78 is 20.9.